The van der Waals surface area contributed by atoms with Gasteiger partial charge in [-0.05, 0) is 48.1 Å². The fraction of sp³-hybridized carbons (Fsp3) is 0.333. The lowest BCUT2D eigenvalue weighted by Crippen LogP contribution is -2.38. The van der Waals surface area contributed by atoms with Crippen LogP contribution in [0.1, 0.15) is 29.9 Å². The van der Waals surface area contributed by atoms with Crippen LogP contribution in [0.5, 0.6) is 5.75 Å². The average molecular weight is 331 g/mol. The van der Waals surface area contributed by atoms with Crippen molar-refractivity contribution in [2.75, 3.05) is 13.1 Å². The van der Waals surface area contributed by atoms with Gasteiger partial charge >= 0.3 is 0 Å². The molecule has 1 aliphatic rings. The van der Waals surface area contributed by atoms with Crippen LogP contribution in [0.15, 0.2) is 42.7 Å². The number of aromatic nitrogens is 1. The third-order valence-electron chi connectivity index (χ3n) is 4.33. The number of likely N-dealkylation sites (tertiary alicyclic amines) is 1. The highest BCUT2D eigenvalue weighted by atomic mass is 35.5. The minimum absolute atomic E-state index is 0.153. The van der Waals surface area contributed by atoms with Gasteiger partial charge in [0.25, 0.3) is 0 Å². The molecule has 2 heterocycles. The van der Waals surface area contributed by atoms with E-state index in [1.165, 1.54) is 6.20 Å². The molecule has 0 radical (unpaired) electrons. The molecule has 0 atom stereocenters. The molecule has 0 spiro atoms. The second-order valence-electron chi connectivity index (χ2n) is 5.93. The van der Waals surface area contributed by atoms with Gasteiger partial charge in [-0.15, -0.1) is 0 Å². The fourth-order valence-electron chi connectivity index (χ4n) is 3.02. The molecule has 1 fully saturated rings. The molecule has 1 amide bonds. The molecule has 120 valence electrons. The molecule has 3 rings (SSSR count). The maximum absolute atomic E-state index is 12.4. The molecule has 2 aromatic rings. The van der Waals surface area contributed by atoms with Crippen molar-refractivity contribution in [2.45, 2.75) is 25.2 Å². The van der Waals surface area contributed by atoms with Crippen LogP contribution in [-0.4, -0.2) is 34.0 Å². The van der Waals surface area contributed by atoms with E-state index in [0.717, 1.165) is 37.1 Å². The molecule has 1 aliphatic heterocycles. The van der Waals surface area contributed by atoms with Crippen LogP contribution < -0.4 is 0 Å². The Hall–Kier alpha value is -2.07. The van der Waals surface area contributed by atoms with E-state index in [2.05, 4.69) is 4.98 Å². The maximum Gasteiger partial charge on any atom is 0.226 e. The number of carbonyl (C=O) groups is 1. The zero-order valence-corrected chi connectivity index (χ0v) is 13.5. The maximum atomic E-state index is 12.4. The number of carbonyl (C=O) groups excluding carboxylic acids is 1. The Morgan fingerprint density at radius 1 is 1.22 bits per heavy atom. The predicted molar refractivity (Wildman–Crippen MR) is 89.6 cm³/mol. The van der Waals surface area contributed by atoms with Gasteiger partial charge in [0.2, 0.25) is 5.91 Å². The number of benzene rings is 1. The molecule has 5 heteroatoms. The summed E-state index contributed by atoms with van der Waals surface area (Å²) in [5.74, 6) is 0.706. The fourth-order valence-corrected chi connectivity index (χ4v) is 3.15. The van der Waals surface area contributed by atoms with Crippen molar-refractivity contribution < 1.29 is 9.90 Å². The summed E-state index contributed by atoms with van der Waals surface area (Å²) >= 11 is 5.86. The Kier molecular flexibility index (Phi) is 4.82. The van der Waals surface area contributed by atoms with Gasteiger partial charge in [0.05, 0.1) is 12.6 Å². The first-order chi connectivity index (χ1) is 11.1. The Balaban J connectivity index is 1.56. The summed E-state index contributed by atoms with van der Waals surface area (Å²) in [5, 5.41) is 10.2. The van der Waals surface area contributed by atoms with Gasteiger partial charge in [0.1, 0.15) is 5.75 Å². The van der Waals surface area contributed by atoms with Crippen LogP contribution in [0.25, 0.3) is 0 Å². The van der Waals surface area contributed by atoms with E-state index in [1.54, 1.807) is 12.3 Å². The molecule has 1 aromatic carbocycles. The zero-order chi connectivity index (χ0) is 16.2. The summed E-state index contributed by atoms with van der Waals surface area (Å²) < 4.78 is 0. The lowest BCUT2D eigenvalue weighted by atomic mass is 9.90. The Labute approximate surface area is 140 Å². The van der Waals surface area contributed by atoms with E-state index in [0.29, 0.717) is 17.4 Å². The van der Waals surface area contributed by atoms with Gasteiger partial charge in [-0.3, -0.25) is 9.78 Å². The number of amides is 1. The van der Waals surface area contributed by atoms with Gasteiger partial charge in [-0.25, -0.2) is 0 Å². The Morgan fingerprint density at radius 2 is 1.91 bits per heavy atom. The van der Waals surface area contributed by atoms with Crippen molar-refractivity contribution in [2.24, 2.45) is 0 Å². The molecule has 0 unspecified atom stereocenters. The van der Waals surface area contributed by atoms with Crippen LogP contribution in [-0.2, 0) is 11.2 Å². The number of aromatic hydroxyl groups is 1. The van der Waals surface area contributed by atoms with Crippen LogP contribution in [0.3, 0.4) is 0 Å². The highest BCUT2D eigenvalue weighted by molar-refractivity contribution is 6.30. The topological polar surface area (TPSA) is 53.4 Å². The van der Waals surface area contributed by atoms with E-state index < -0.39 is 0 Å². The van der Waals surface area contributed by atoms with Gasteiger partial charge in [-0.1, -0.05) is 23.7 Å². The third-order valence-corrected chi connectivity index (χ3v) is 4.58. The quantitative estimate of drug-likeness (QED) is 0.938. The van der Waals surface area contributed by atoms with Crippen molar-refractivity contribution in [3.63, 3.8) is 0 Å². The summed E-state index contributed by atoms with van der Waals surface area (Å²) in [6, 6.07) is 9.18. The van der Waals surface area contributed by atoms with Crippen molar-refractivity contribution >= 4 is 17.5 Å². The number of hydrogen-bond donors (Lipinski definition) is 1. The van der Waals surface area contributed by atoms with E-state index in [-0.39, 0.29) is 11.7 Å². The number of piperidine rings is 1. The largest absolute Gasteiger partial charge is 0.506 e. The number of pyridine rings is 1. The van der Waals surface area contributed by atoms with Crippen molar-refractivity contribution in [3.8, 4) is 5.75 Å². The Bertz CT molecular complexity index is 680. The first-order valence-electron chi connectivity index (χ1n) is 7.78. The summed E-state index contributed by atoms with van der Waals surface area (Å²) in [5.41, 5.74) is 2.04. The predicted octanol–water partition coefficient (Wildman–Crippen LogP) is 3.39. The number of halogens is 1. The monoisotopic (exact) mass is 330 g/mol. The van der Waals surface area contributed by atoms with Crippen LogP contribution in [0.2, 0.25) is 5.02 Å². The highest BCUT2D eigenvalue weighted by Crippen LogP contribution is 2.29. The van der Waals surface area contributed by atoms with E-state index >= 15 is 0 Å². The van der Waals surface area contributed by atoms with E-state index in [4.69, 9.17) is 11.6 Å². The molecule has 0 bridgehead atoms. The molecule has 4 nitrogen and oxygen atoms in total. The van der Waals surface area contributed by atoms with Crippen LogP contribution in [0.4, 0.5) is 0 Å². The molecule has 1 N–H and O–H groups in total. The minimum atomic E-state index is 0.153. The summed E-state index contributed by atoms with van der Waals surface area (Å²) in [6.45, 7) is 1.49. The van der Waals surface area contributed by atoms with E-state index in [9.17, 15) is 9.90 Å². The Morgan fingerprint density at radius 3 is 2.57 bits per heavy atom. The van der Waals surface area contributed by atoms with Crippen molar-refractivity contribution in [3.05, 3.63) is 58.9 Å². The lowest BCUT2D eigenvalue weighted by molar-refractivity contribution is -0.131. The molecule has 0 saturated carbocycles. The first kappa shape index (κ1) is 15.8. The molecule has 0 aliphatic carbocycles. The van der Waals surface area contributed by atoms with E-state index in [1.807, 2.05) is 29.2 Å². The number of rotatable bonds is 3. The van der Waals surface area contributed by atoms with Crippen LogP contribution >= 0.6 is 11.6 Å². The average Bonchev–Trinajstić information content (AvgIpc) is 2.57. The molecular weight excluding hydrogens is 312 g/mol. The second-order valence-corrected chi connectivity index (χ2v) is 6.37. The van der Waals surface area contributed by atoms with Crippen molar-refractivity contribution in [1.29, 1.82) is 0 Å². The number of nitrogens with zero attached hydrogens (tertiary/aromatic N) is 2. The summed E-state index contributed by atoms with van der Waals surface area (Å²) in [4.78, 5) is 18.3. The SMILES string of the molecule is O=C(Cc1ccc(Cl)cc1)N1CCC(c2cncc(O)c2)CC1. The normalized spacial score (nSPS) is 15.6. The van der Waals surface area contributed by atoms with Gasteiger partial charge in [0.15, 0.2) is 0 Å². The molecule has 1 aromatic heterocycles. The second kappa shape index (κ2) is 7.01. The standard InChI is InChI=1S/C18H19ClN2O2/c19-16-3-1-13(2-4-16)9-18(23)21-7-5-14(6-8-21)15-10-17(22)12-20-11-15/h1-4,10-12,14,22H,5-9H2. The zero-order valence-electron chi connectivity index (χ0n) is 12.8. The molecule has 23 heavy (non-hydrogen) atoms. The number of hydrogen-bond acceptors (Lipinski definition) is 3. The summed E-state index contributed by atoms with van der Waals surface area (Å²) in [6.07, 6.45) is 5.45. The smallest absolute Gasteiger partial charge is 0.226 e. The van der Waals surface area contributed by atoms with Crippen LogP contribution in [0, 0.1) is 0 Å². The van der Waals surface area contributed by atoms with Gasteiger partial charge in [-0.2, -0.15) is 0 Å². The minimum Gasteiger partial charge on any atom is -0.506 e. The highest BCUT2D eigenvalue weighted by Gasteiger charge is 2.24. The third kappa shape index (κ3) is 4.02. The first-order valence-corrected chi connectivity index (χ1v) is 8.16. The molecule has 1 saturated heterocycles. The van der Waals surface area contributed by atoms with Crippen molar-refractivity contribution in [1.82, 2.24) is 9.88 Å². The summed E-state index contributed by atoms with van der Waals surface area (Å²) in [7, 11) is 0. The molecular formula is C18H19ClN2O2. The lowest BCUT2D eigenvalue weighted by Gasteiger charge is -2.32. The van der Waals surface area contributed by atoms with Gasteiger partial charge < -0.3 is 10.0 Å². The van der Waals surface area contributed by atoms with Gasteiger partial charge in [0, 0.05) is 24.3 Å².